The van der Waals surface area contributed by atoms with Crippen LogP contribution in [0.25, 0.3) is 0 Å². The molecule has 3 N–H and O–H groups in total. The van der Waals surface area contributed by atoms with Crippen molar-refractivity contribution in [3.8, 4) is 0 Å². The summed E-state index contributed by atoms with van der Waals surface area (Å²) in [5.74, 6) is -0.234. The van der Waals surface area contributed by atoms with E-state index >= 15 is 0 Å². The average molecular weight is 172 g/mol. The van der Waals surface area contributed by atoms with E-state index in [0.717, 1.165) is 25.8 Å². The third-order valence-corrected chi connectivity index (χ3v) is 2.16. The fraction of sp³-hybridized carbons (Fsp3) is 0.714. The molecular weight excluding hydrogens is 160 g/mol. The van der Waals surface area contributed by atoms with Gasteiger partial charge in [-0.1, -0.05) is 18.6 Å². The van der Waals surface area contributed by atoms with Crippen molar-refractivity contribution in [3.05, 3.63) is 0 Å². The van der Waals surface area contributed by atoms with Crippen LogP contribution in [0.1, 0.15) is 19.3 Å². The van der Waals surface area contributed by atoms with Crippen LogP contribution in [0.3, 0.4) is 0 Å². The lowest BCUT2D eigenvalue weighted by atomic mass is 10.0. The molecule has 0 aromatic carbocycles. The van der Waals surface area contributed by atoms with Gasteiger partial charge >= 0.3 is 0 Å². The van der Waals surface area contributed by atoms with E-state index in [2.05, 4.69) is 5.32 Å². The zero-order valence-corrected chi connectivity index (χ0v) is 7.12. The van der Waals surface area contributed by atoms with Crippen molar-refractivity contribution >= 4 is 23.1 Å². The molecule has 1 amide bonds. The molecule has 1 saturated heterocycles. The Hall–Kier alpha value is -0.640. The first-order chi connectivity index (χ1) is 5.22. The summed E-state index contributed by atoms with van der Waals surface area (Å²) in [7, 11) is 0. The molecule has 0 aromatic rings. The van der Waals surface area contributed by atoms with Gasteiger partial charge in [-0.3, -0.25) is 4.79 Å². The van der Waals surface area contributed by atoms with Gasteiger partial charge in [-0.25, -0.2) is 0 Å². The van der Waals surface area contributed by atoms with Crippen molar-refractivity contribution in [2.75, 3.05) is 6.54 Å². The standard InChI is InChI=1S/C7H12N2OS/c8-6(11)5-3-1-2-4-9-7(5)10/h5H,1-4H2,(H2,8,11)(H,9,10). The van der Waals surface area contributed by atoms with E-state index in [4.69, 9.17) is 18.0 Å². The first-order valence-corrected chi connectivity index (χ1v) is 4.19. The zero-order valence-electron chi connectivity index (χ0n) is 6.30. The molecule has 62 valence electrons. The van der Waals surface area contributed by atoms with Crippen LogP contribution in [-0.2, 0) is 4.79 Å². The fourth-order valence-corrected chi connectivity index (χ4v) is 1.44. The number of rotatable bonds is 1. The van der Waals surface area contributed by atoms with Crippen LogP contribution in [0.4, 0.5) is 0 Å². The molecule has 0 radical (unpaired) electrons. The van der Waals surface area contributed by atoms with E-state index in [1.54, 1.807) is 0 Å². The quantitative estimate of drug-likeness (QED) is 0.555. The molecule has 0 saturated carbocycles. The van der Waals surface area contributed by atoms with Crippen LogP contribution in [0.5, 0.6) is 0 Å². The molecule has 0 bridgehead atoms. The van der Waals surface area contributed by atoms with Crippen LogP contribution in [0.2, 0.25) is 0 Å². The molecule has 1 unspecified atom stereocenters. The van der Waals surface area contributed by atoms with Gasteiger partial charge in [0.1, 0.15) is 0 Å². The summed E-state index contributed by atoms with van der Waals surface area (Å²) in [5.41, 5.74) is 5.40. The maximum atomic E-state index is 11.2. The smallest absolute Gasteiger partial charge is 0.229 e. The van der Waals surface area contributed by atoms with Gasteiger partial charge in [-0.15, -0.1) is 0 Å². The summed E-state index contributed by atoms with van der Waals surface area (Å²) >= 11 is 4.77. The second kappa shape index (κ2) is 3.67. The first-order valence-electron chi connectivity index (χ1n) is 3.79. The van der Waals surface area contributed by atoms with Gasteiger partial charge in [0.15, 0.2) is 0 Å². The van der Waals surface area contributed by atoms with Gasteiger partial charge in [0.05, 0.1) is 10.9 Å². The Kier molecular flexibility index (Phi) is 2.82. The van der Waals surface area contributed by atoms with Crippen molar-refractivity contribution in [1.82, 2.24) is 5.32 Å². The summed E-state index contributed by atoms with van der Waals surface area (Å²) in [5, 5.41) is 2.77. The number of hydrogen-bond acceptors (Lipinski definition) is 2. The second-order valence-electron chi connectivity index (χ2n) is 2.74. The van der Waals surface area contributed by atoms with Gasteiger partial charge in [-0.2, -0.15) is 0 Å². The molecule has 0 aromatic heterocycles. The molecule has 1 aliphatic heterocycles. The number of nitrogens with one attached hydrogen (secondary N) is 1. The highest BCUT2D eigenvalue weighted by Gasteiger charge is 2.22. The third kappa shape index (κ3) is 2.15. The van der Waals surface area contributed by atoms with Crippen LogP contribution in [0.15, 0.2) is 0 Å². The Labute approximate surface area is 71.3 Å². The van der Waals surface area contributed by atoms with E-state index < -0.39 is 0 Å². The molecule has 1 aliphatic rings. The van der Waals surface area contributed by atoms with Crippen LogP contribution < -0.4 is 11.1 Å². The molecular formula is C7H12N2OS. The SMILES string of the molecule is NC(=S)C1CCCCNC1=O. The van der Waals surface area contributed by atoms with Gasteiger partial charge in [0, 0.05) is 6.54 Å². The highest BCUT2D eigenvalue weighted by atomic mass is 32.1. The molecule has 1 fully saturated rings. The Morgan fingerprint density at radius 3 is 3.00 bits per heavy atom. The molecule has 0 spiro atoms. The van der Waals surface area contributed by atoms with Gasteiger partial charge in [-0.05, 0) is 12.8 Å². The lowest BCUT2D eigenvalue weighted by Crippen LogP contribution is -2.36. The lowest BCUT2D eigenvalue weighted by Gasteiger charge is -2.09. The number of amides is 1. The predicted molar refractivity (Wildman–Crippen MR) is 47.1 cm³/mol. The minimum Gasteiger partial charge on any atom is -0.393 e. The van der Waals surface area contributed by atoms with E-state index in [0.29, 0.717) is 4.99 Å². The fourth-order valence-electron chi connectivity index (χ4n) is 1.21. The number of carbonyl (C=O) groups excluding carboxylic acids is 1. The minimum atomic E-state index is -0.229. The summed E-state index contributed by atoms with van der Waals surface area (Å²) in [6.45, 7) is 0.762. The summed E-state index contributed by atoms with van der Waals surface area (Å²) in [6, 6.07) is 0. The maximum absolute atomic E-state index is 11.2. The Morgan fingerprint density at radius 1 is 1.64 bits per heavy atom. The Balaban J connectivity index is 2.59. The van der Waals surface area contributed by atoms with Crippen molar-refractivity contribution < 1.29 is 4.79 Å². The zero-order chi connectivity index (χ0) is 8.27. The molecule has 3 nitrogen and oxygen atoms in total. The van der Waals surface area contributed by atoms with Crippen LogP contribution in [0, 0.1) is 5.92 Å². The van der Waals surface area contributed by atoms with Crippen LogP contribution in [-0.4, -0.2) is 17.4 Å². The van der Waals surface area contributed by atoms with E-state index in [1.807, 2.05) is 0 Å². The largest absolute Gasteiger partial charge is 0.393 e. The molecule has 1 atom stereocenters. The molecule has 11 heavy (non-hydrogen) atoms. The van der Waals surface area contributed by atoms with Crippen molar-refractivity contribution in [2.24, 2.45) is 11.7 Å². The van der Waals surface area contributed by atoms with E-state index in [1.165, 1.54) is 0 Å². The van der Waals surface area contributed by atoms with Gasteiger partial charge in [0.25, 0.3) is 0 Å². The van der Waals surface area contributed by atoms with E-state index in [-0.39, 0.29) is 11.8 Å². The highest BCUT2D eigenvalue weighted by molar-refractivity contribution is 7.80. The topological polar surface area (TPSA) is 55.1 Å². The van der Waals surface area contributed by atoms with Gasteiger partial charge in [0.2, 0.25) is 5.91 Å². The minimum absolute atomic E-state index is 0.00463. The molecule has 1 heterocycles. The number of carbonyl (C=O) groups is 1. The first kappa shape index (κ1) is 8.46. The number of thiocarbonyl (C=S) groups is 1. The molecule has 0 aliphatic carbocycles. The maximum Gasteiger partial charge on any atom is 0.229 e. The predicted octanol–water partition coefficient (Wildman–Crippen LogP) is 0.189. The Morgan fingerprint density at radius 2 is 2.36 bits per heavy atom. The van der Waals surface area contributed by atoms with Crippen molar-refractivity contribution in [2.45, 2.75) is 19.3 Å². The van der Waals surface area contributed by atoms with Crippen molar-refractivity contribution in [3.63, 3.8) is 0 Å². The Bertz CT molecular complexity index is 181. The highest BCUT2D eigenvalue weighted by Crippen LogP contribution is 2.12. The monoisotopic (exact) mass is 172 g/mol. The average Bonchev–Trinajstić information content (AvgIpc) is 2.13. The van der Waals surface area contributed by atoms with E-state index in [9.17, 15) is 4.79 Å². The second-order valence-corrected chi connectivity index (χ2v) is 3.21. The van der Waals surface area contributed by atoms with Crippen molar-refractivity contribution in [1.29, 1.82) is 0 Å². The summed E-state index contributed by atoms with van der Waals surface area (Å²) in [4.78, 5) is 11.5. The van der Waals surface area contributed by atoms with Gasteiger partial charge < -0.3 is 11.1 Å². The summed E-state index contributed by atoms with van der Waals surface area (Å²) < 4.78 is 0. The van der Waals surface area contributed by atoms with Crippen LogP contribution >= 0.6 is 12.2 Å². The normalized spacial score (nSPS) is 25.5. The molecule has 4 heteroatoms. The lowest BCUT2D eigenvalue weighted by molar-refractivity contribution is -0.122. The number of nitrogens with two attached hydrogens (primary N) is 1. The summed E-state index contributed by atoms with van der Waals surface area (Å²) in [6.07, 6.45) is 2.87. The third-order valence-electron chi connectivity index (χ3n) is 1.88. The number of hydrogen-bond donors (Lipinski definition) is 2. The molecule has 1 rings (SSSR count).